The molecule has 0 unspecified atom stereocenters. The van der Waals surface area contributed by atoms with Crippen molar-refractivity contribution in [3.05, 3.63) is 89.1 Å². The van der Waals surface area contributed by atoms with Crippen molar-refractivity contribution >= 4 is 29.2 Å². The number of anilines is 2. The van der Waals surface area contributed by atoms with E-state index >= 15 is 0 Å². The Morgan fingerprint density at radius 2 is 1.54 bits per heavy atom. The highest BCUT2D eigenvalue weighted by Crippen LogP contribution is 2.20. The summed E-state index contributed by atoms with van der Waals surface area (Å²) in [6.07, 6.45) is 2.29. The Bertz CT molecular complexity index is 1160. The van der Waals surface area contributed by atoms with Crippen LogP contribution in [-0.4, -0.2) is 35.8 Å². The highest BCUT2D eigenvalue weighted by molar-refractivity contribution is 6.01. The zero-order valence-corrected chi connectivity index (χ0v) is 20.5. The van der Waals surface area contributed by atoms with E-state index in [-0.39, 0.29) is 37.1 Å². The average Bonchev–Trinajstić information content (AvgIpc) is 2.81. The quantitative estimate of drug-likeness (QED) is 0.464. The molecule has 35 heavy (non-hydrogen) atoms. The SMILES string of the molecule is Cc1cc(C)cc(N(CC(=O)NCCc2ccccc2)C(=O)CCC(=O)Nc2cc(C)ccn2)c1. The number of carbonyl (C=O) groups excluding carboxylic acids is 3. The van der Waals surface area contributed by atoms with Crippen LogP contribution in [0.25, 0.3) is 0 Å². The fourth-order valence-corrected chi connectivity index (χ4v) is 3.79. The summed E-state index contributed by atoms with van der Waals surface area (Å²) in [7, 11) is 0. The highest BCUT2D eigenvalue weighted by atomic mass is 16.2. The molecule has 3 aromatic rings. The second-order valence-corrected chi connectivity index (χ2v) is 8.68. The van der Waals surface area contributed by atoms with Crippen LogP contribution in [0.2, 0.25) is 0 Å². The van der Waals surface area contributed by atoms with Gasteiger partial charge in [0.25, 0.3) is 0 Å². The maximum atomic E-state index is 13.2. The van der Waals surface area contributed by atoms with Crippen LogP contribution in [0.15, 0.2) is 66.9 Å². The molecule has 0 radical (unpaired) electrons. The number of amides is 3. The number of aryl methyl sites for hydroxylation is 3. The molecule has 3 rings (SSSR count). The lowest BCUT2D eigenvalue weighted by Gasteiger charge is -2.23. The molecule has 0 bridgehead atoms. The van der Waals surface area contributed by atoms with Crippen molar-refractivity contribution < 1.29 is 14.4 Å². The first-order chi connectivity index (χ1) is 16.8. The number of hydrogen-bond acceptors (Lipinski definition) is 4. The predicted octanol–water partition coefficient (Wildman–Crippen LogP) is 4.12. The lowest BCUT2D eigenvalue weighted by atomic mass is 10.1. The molecular weight excluding hydrogens is 440 g/mol. The molecule has 0 aliphatic carbocycles. The molecule has 2 N–H and O–H groups in total. The lowest BCUT2D eigenvalue weighted by Crippen LogP contribution is -2.41. The molecule has 7 nitrogen and oxygen atoms in total. The Hall–Kier alpha value is -4.00. The largest absolute Gasteiger partial charge is 0.354 e. The van der Waals surface area contributed by atoms with Gasteiger partial charge in [-0.05, 0) is 73.7 Å². The van der Waals surface area contributed by atoms with Crippen molar-refractivity contribution in [2.45, 2.75) is 40.0 Å². The average molecular weight is 473 g/mol. The topological polar surface area (TPSA) is 91.4 Å². The van der Waals surface area contributed by atoms with Crippen LogP contribution in [0, 0.1) is 20.8 Å². The Kier molecular flexibility index (Phi) is 9.12. The molecule has 182 valence electrons. The van der Waals surface area contributed by atoms with E-state index in [1.807, 2.05) is 75.4 Å². The van der Waals surface area contributed by atoms with E-state index in [0.29, 0.717) is 24.5 Å². The van der Waals surface area contributed by atoms with Crippen molar-refractivity contribution in [2.75, 3.05) is 23.3 Å². The van der Waals surface area contributed by atoms with E-state index in [1.165, 1.54) is 4.90 Å². The predicted molar refractivity (Wildman–Crippen MR) is 138 cm³/mol. The van der Waals surface area contributed by atoms with Crippen LogP contribution >= 0.6 is 0 Å². The second-order valence-electron chi connectivity index (χ2n) is 8.68. The van der Waals surface area contributed by atoms with Crippen LogP contribution < -0.4 is 15.5 Å². The molecule has 3 amide bonds. The summed E-state index contributed by atoms with van der Waals surface area (Å²) in [4.78, 5) is 43.8. The molecule has 7 heteroatoms. The van der Waals surface area contributed by atoms with E-state index in [2.05, 4.69) is 15.6 Å². The fraction of sp³-hybridized carbons (Fsp3) is 0.286. The van der Waals surface area contributed by atoms with Gasteiger partial charge in [-0.25, -0.2) is 4.98 Å². The summed E-state index contributed by atoms with van der Waals surface area (Å²) < 4.78 is 0. The van der Waals surface area contributed by atoms with E-state index in [9.17, 15) is 14.4 Å². The Morgan fingerprint density at radius 1 is 0.829 bits per heavy atom. The number of benzene rings is 2. The van der Waals surface area contributed by atoms with Crippen molar-refractivity contribution in [3.63, 3.8) is 0 Å². The third-order valence-electron chi connectivity index (χ3n) is 5.45. The van der Waals surface area contributed by atoms with Crippen molar-refractivity contribution in [2.24, 2.45) is 0 Å². The third-order valence-corrected chi connectivity index (χ3v) is 5.45. The minimum absolute atomic E-state index is 0.00855. The van der Waals surface area contributed by atoms with Crippen LogP contribution in [0.4, 0.5) is 11.5 Å². The summed E-state index contributed by atoms with van der Waals surface area (Å²) in [5.74, 6) is -0.391. The first kappa shape index (κ1) is 25.6. The minimum atomic E-state index is -0.302. The van der Waals surface area contributed by atoms with Crippen LogP contribution in [0.5, 0.6) is 0 Å². The monoisotopic (exact) mass is 472 g/mol. The van der Waals surface area contributed by atoms with Crippen molar-refractivity contribution in [3.8, 4) is 0 Å². The first-order valence-corrected chi connectivity index (χ1v) is 11.7. The second kappa shape index (κ2) is 12.5. The molecule has 1 heterocycles. The van der Waals surface area contributed by atoms with Gasteiger partial charge in [-0.15, -0.1) is 0 Å². The molecule has 1 aromatic heterocycles. The van der Waals surface area contributed by atoms with Crippen molar-refractivity contribution in [1.29, 1.82) is 0 Å². The number of nitrogens with zero attached hydrogens (tertiary/aromatic N) is 2. The Labute approximate surface area is 206 Å². The van der Waals surface area contributed by atoms with Crippen LogP contribution in [0.1, 0.15) is 35.1 Å². The molecule has 0 fully saturated rings. The van der Waals surface area contributed by atoms with Gasteiger partial charge >= 0.3 is 0 Å². The minimum Gasteiger partial charge on any atom is -0.354 e. The standard InChI is InChI=1S/C28H32N4O3/c1-20-11-13-29-25(18-20)31-26(33)9-10-28(35)32(24-16-21(2)15-22(3)17-24)19-27(34)30-14-12-23-7-5-4-6-8-23/h4-8,11,13,15-18H,9-10,12,14,19H2,1-3H3,(H,30,34)(H,29,31,33). The van der Waals surface area contributed by atoms with Gasteiger partial charge in [0, 0.05) is 31.3 Å². The summed E-state index contributed by atoms with van der Waals surface area (Å²) in [5.41, 5.74) is 4.73. The number of rotatable bonds is 10. The number of pyridine rings is 1. The van der Waals surface area contributed by atoms with Gasteiger partial charge < -0.3 is 15.5 Å². The maximum absolute atomic E-state index is 13.2. The smallest absolute Gasteiger partial charge is 0.240 e. The number of carbonyl (C=O) groups is 3. The summed E-state index contributed by atoms with van der Waals surface area (Å²) in [6.45, 7) is 6.16. The normalized spacial score (nSPS) is 10.5. The van der Waals surface area contributed by atoms with E-state index in [0.717, 1.165) is 22.3 Å². The lowest BCUT2D eigenvalue weighted by molar-refractivity contribution is -0.125. The van der Waals surface area contributed by atoms with Crippen LogP contribution in [0.3, 0.4) is 0 Å². The van der Waals surface area contributed by atoms with Gasteiger partial charge in [0.1, 0.15) is 12.4 Å². The van der Waals surface area contributed by atoms with Gasteiger partial charge in [0.05, 0.1) is 0 Å². The van der Waals surface area contributed by atoms with Gasteiger partial charge in [0.2, 0.25) is 17.7 Å². The zero-order valence-electron chi connectivity index (χ0n) is 20.5. The van der Waals surface area contributed by atoms with E-state index < -0.39 is 0 Å². The van der Waals surface area contributed by atoms with Gasteiger partial charge in [-0.2, -0.15) is 0 Å². The molecule has 0 saturated carbocycles. The molecule has 2 aromatic carbocycles. The van der Waals surface area contributed by atoms with Gasteiger partial charge in [-0.3, -0.25) is 14.4 Å². The Morgan fingerprint density at radius 3 is 2.23 bits per heavy atom. The third kappa shape index (κ3) is 8.37. The molecule has 0 aliphatic rings. The molecular formula is C28H32N4O3. The Balaban J connectivity index is 1.62. The summed E-state index contributed by atoms with van der Waals surface area (Å²) in [5, 5.41) is 5.62. The van der Waals surface area contributed by atoms with Crippen molar-refractivity contribution in [1.82, 2.24) is 10.3 Å². The van der Waals surface area contributed by atoms with Gasteiger partial charge in [-0.1, -0.05) is 36.4 Å². The maximum Gasteiger partial charge on any atom is 0.240 e. The number of hydrogen-bond donors (Lipinski definition) is 2. The molecule has 0 saturated heterocycles. The van der Waals surface area contributed by atoms with Gasteiger partial charge in [0.15, 0.2) is 0 Å². The summed E-state index contributed by atoms with van der Waals surface area (Å²) in [6, 6.07) is 19.3. The zero-order chi connectivity index (χ0) is 25.2. The number of aromatic nitrogens is 1. The van der Waals surface area contributed by atoms with E-state index in [1.54, 1.807) is 12.3 Å². The molecule has 0 aliphatic heterocycles. The molecule has 0 spiro atoms. The van der Waals surface area contributed by atoms with E-state index in [4.69, 9.17) is 0 Å². The van der Waals surface area contributed by atoms with Crippen LogP contribution in [-0.2, 0) is 20.8 Å². The first-order valence-electron chi connectivity index (χ1n) is 11.7. The molecule has 0 atom stereocenters. The highest BCUT2D eigenvalue weighted by Gasteiger charge is 2.21. The summed E-state index contributed by atoms with van der Waals surface area (Å²) >= 11 is 0. The number of nitrogens with one attached hydrogen (secondary N) is 2. The fourth-order valence-electron chi connectivity index (χ4n) is 3.79.